The summed E-state index contributed by atoms with van der Waals surface area (Å²) in [6.07, 6.45) is 8.91. The van der Waals surface area contributed by atoms with Crippen LogP contribution in [0.2, 0.25) is 5.02 Å². The van der Waals surface area contributed by atoms with Crippen LogP contribution in [0.1, 0.15) is 17.5 Å². The lowest BCUT2D eigenvalue weighted by molar-refractivity contribution is 0.912. The van der Waals surface area contributed by atoms with Crippen LogP contribution in [0, 0.1) is 0 Å². The van der Waals surface area contributed by atoms with Gasteiger partial charge in [-0.25, -0.2) is 4.98 Å². The van der Waals surface area contributed by atoms with Crippen LogP contribution in [0.15, 0.2) is 36.9 Å². The zero-order valence-corrected chi connectivity index (χ0v) is 11.7. The highest BCUT2D eigenvalue weighted by atomic mass is 35.5. The molecule has 4 heteroatoms. The summed E-state index contributed by atoms with van der Waals surface area (Å²) in [4.78, 5) is 4.14. The molecule has 0 saturated heterocycles. The molecule has 0 unspecified atom stereocenters. The second-order valence-electron chi connectivity index (χ2n) is 5.28. The maximum Gasteiger partial charge on any atom is 0.0991 e. The molecule has 0 atom stereocenters. The Labute approximate surface area is 122 Å². The van der Waals surface area contributed by atoms with Gasteiger partial charge in [0.25, 0.3) is 0 Å². The molecule has 0 fully saturated rings. The van der Waals surface area contributed by atoms with Crippen LogP contribution in [0.4, 0.5) is 5.69 Å². The van der Waals surface area contributed by atoms with Crippen LogP contribution in [0.25, 0.3) is 16.6 Å². The number of nitrogens with two attached hydrogens (primary N) is 1. The minimum Gasteiger partial charge on any atom is -0.398 e. The summed E-state index contributed by atoms with van der Waals surface area (Å²) in [5, 5.41) is 0.743. The normalized spacial score (nSPS) is 13.8. The average molecular weight is 284 g/mol. The predicted molar refractivity (Wildman–Crippen MR) is 82.1 cm³/mol. The van der Waals surface area contributed by atoms with E-state index in [1.165, 1.54) is 17.5 Å². The molecule has 0 radical (unpaired) electrons. The Morgan fingerprint density at radius 1 is 1.25 bits per heavy atom. The molecule has 4 rings (SSSR count). The highest BCUT2D eigenvalue weighted by Crippen LogP contribution is 2.40. The van der Waals surface area contributed by atoms with Crippen molar-refractivity contribution >= 4 is 22.8 Å². The highest BCUT2D eigenvalue weighted by molar-refractivity contribution is 6.34. The number of hydrogen-bond acceptors (Lipinski definition) is 2. The van der Waals surface area contributed by atoms with Crippen LogP contribution >= 0.6 is 11.6 Å². The lowest BCUT2D eigenvalue weighted by Gasteiger charge is -2.13. The van der Waals surface area contributed by atoms with Crippen molar-refractivity contribution in [1.82, 2.24) is 9.38 Å². The summed E-state index contributed by atoms with van der Waals surface area (Å²) in [5.41, 5.74) is 12.9. The van der Waals surface area contributed by atoms with Crippen molar-refractivity contribution in [2.75, 3.05) is 5.73 Å². The quantitative estimate of drug-likeness (QED) is 0.692. The molecule has 1 aliphatic carbocycles. The van der Waals surface area contributed by atoms with E-state index >= 15 is 0 Å². The molecular formula is C16H14ClN3. The monoisotopic (exact) mass is 283 g/mol. The number of anilines is 1. The van der Waals surface area contributed by atoms with Gasteiger partial charge in [0.05, 0.1) is 23.1 Å². The number of halogens is 1. The molecule has 100 valence electrons. The molecule has 3 nitrogen and oxygen atoms in total. The summed E-state index contributed by atoms with van der Waals surface area (Å²) in [7, 11) is 0. The van der Waals surface area contributed by atoms with Crippen molar-refractivity contribution in [3.8, 4) is 11.1 Å². The Kier molecular flexibility index (Phi) is 2.51. The fourth-order valence-corrected chi connectivity index (χ4v) is 3.45. The minimum absolute atomic E-state index is 0.743. The smallest absolute Gasteiger partial charge is 0.0991 e. The van der Waals surface area contributed by atoms with Crippen LogP contribution < -0.4 is 5.73 Å². The summed E-state index contributed by atoms with van der Waals surface area (Å²) >= 11 is 6.47. The van der Waals surface area contributed by atoms with Gasteiger partial charge in [0, 0.05) is 17.4 Å². The molecule has 0 saturated carbocycles. The van der Waals surface area contributed by atoms with E-state index < -0.39 is 0 Å². The van der Waals surface area contributed by atoms with Crippen LogP contribution in [0.5, 0.6) is 0 Å². The molecule has 2 N–H and O–H groups in total. The third-order valence-electron chi connectivity index (χ3n) is 4.10. The Balaban J connectivity index is 1.97. The number of aryl methyl sites for hydroxylation is 1. The summed E-state index contributed by atoms with van der Waals surface area (Å²) < 4.78 is 1.97. The number of imidazole rings is 1. The fraction of sp³-hybridized carbons (Fsp3) is 0.188. The van der Waals surface area contributed by atoms with E-state index in [1.54, 1.807) is 6.33 Å². The van der Waals surface area contributed by atoms with E-state index in [-0.39, 0.29) is 0 Å². The van der Waals surface area contributed by atoms with Crippen molar-refractivity contribution in [2.45, 2.75) is 19.3 Å². The minimum atomic E-state index is 0.743. The van der Waals surface area contributed by atoms with Gasteiger partial charge in [-0.2, -0.15) is 0 Å². The van der Waals surface area contributed by atoms with E-state index in [0.29, 0.717) is 0 Å². The second-order valence-corrected chi connectivity index (χ2v) is 5.69. The molecule has 1 aliphatic rings. The first-order valence-electron chi connectivity index (χ1n) is 6.76. The van der Waals surface area contributed by atoms with E-state index in [9.17, 15) is 0 Å². The van der Waals surface area contributed by atoms with Gasteiger partial charge in [0.2, 0.25) is 0 Å². The maximum atomic E-state index is 6.47. The number of hydrogen-bond donors (Lipinski definition) is 1. The molecule has 1 aromatic carbocycles. The first-order valence-corrected chi connectivity index (χ1v) is 7.13. The van der Waals surface area contributed by atoms with Gasteiger partial charge in [-0.3, -0.25) is 0 Å². The van der Waals surface area contributed by atoms with E-state index in [4.69, 9.17) is 17.3 Å². The van der Waals surface area contributed by atoms with Gasteiger partial charge in [-0.1, -0.05) is 11.6 Å². The SMILES string of the molecule is Nc1c2c(cc(Cl)c1-c1ccn3cncc3c1)CCC2. The lowest BCUT2D eigenvalue weighted by atomic mass is 9.98. The standard InChI is InChI=1S/C16H14ClN3/c17-14-7-10-2-1-3-13(10)16(18)15(14)11-4-5-20-9-19-8-12(20)6-11/h4-9H,1-3,18H2. The van der Waals surface area contributed by atoms with Crippen molar-refractivity contribution in [3.63, 3.8) is 0 Å². The van der Waals surface area contributed by atoms with E-state index in [2.05, 4.69) is 17.1 Å². The molecule has 0 bridgehead atoms. The van der Waals surface area contributed by atoms with Gasteiger partial charge in [-0.15, -0.1) is 0 Å². The van der Waals surface area contributed by atoms with Gasteiger partial charge in [0.15, 0.2) is 0 Å². The van der Waals surface area contributed by atoms with Gasteiger partial charge in [0.1, 0.15) is 0 Å². The number of pyridine rings is 1. The predicted octanol–water partition coefficient (Wildman–Crippen LogP) is 3.73. The molecule has 2 aromatic heterocycles. The van der Waals surface area contributed by atoms with Gasteiger partial charge < -0.3 is 10.1 Å². The third-order valence-corrected chi connectivity index (χ3v) is 4.40. The molecule has 20 heavy (non-hydrogen) atoms. The molecule has 0 amide bonds. The average Bonchev–Trinajstić information content (AvgIpc) is 3.06. The summed E-state index contributed by atoms with van der Waals surface area (Å²) in [6.45, 7) is 0. The zero-order valence-electron chi connectivity index (χ0n) is 10.9. The number of benzene rings is 1. The molecule has 0 spiro atoms. The van der Waals surface area contributed by atoms with Gasteiger partial charge in [-0.05, 0) is 54.2 Å². The third kappa shape index (κ3) is 1.63. The summed E-state index contributed by atoms with van der Waals surface area (Å²) in [6, 6.07) is 6.19. The van der Waals surface area contributed by atoms with Crippen molar-refractivity contribution in [3.05, 3.63) is 53.1 Å². The second kappa shape index (κ2) is 4.25. The molecule has 0 aliphatic heterocycles. The molecule has 3 aromatic rings. The van der Waals surface area contributed by atoms with Crippen molar-refractivity contribution in [1.29, 1.82) is 0 Å². The van der Waals surface area contributed by atoms with Crippen LogP contribution in [-0.2, 0) is 12.8 Å². The fourth-order valence-electron chi connectivity index (χ4n) is 3.11. The maximum absolute atomic E-state index is 6.47. The Morgan fingerprint density at radius 2 is 2.15 bits per heavy atom. The topological polar surface area (TPSA) is 43.3 Å². The first kappa shape index (κ1) is 11.8. The number of nitrogens with zero attached hydrogens (tertiary/aromatic N) is 2. The summed E-state index contributed by atoms with van der Waals surface area (Å²) in [5.74, 6) is 0. The zero-order chi connectivity index (χ0) is 13.7. The largest absolute Gasteiger partial charge is 0.398 e. The number of fused-ring (bicyclic) bond motifs is 2. The van der Waals surface area contributed by atoms with E-state index in [1.807, 2.05) is 22.9 Å². The molecule has 2 heterocycles. The van der Waals surface area contributed by atoms with Crippen LogP contribution in [-0.4, -0.2) is 9.38 Å². The van der Waals surface area contributed by atoms with Crippen molar-refractivity contribution in [2.24, 2.45) is 0 Å². The Bertz CT molecular complexity index is 820. The first-order chi connectivity index (χ1) is 9.74. The number of rotatable bonds is 1. The number of aromatic nitrogens is 2. The van der Waals surface area contributed by atoms with Crippen molar-refractivity contribution < 1.29 is 0 Å². The molecular weight excluding hydrogens is 270 g/mol. The number of nitrogen functional groups attached to an aromatic ring is 1. The van der Waals surface area contributed by atoms with Crippen LogP contribution in [0.3, 0.4) is 0 Å². The Hall–Kier alpha value is -2.00. The highest BCUT2D eigenvalue weighted by Gasteiger charge is 2.20. The van der Waals surface area contributed by atoms with E-state index in [0.717, 1.165) is 40.2 Å². The Morgan fingerprint density at radius 3 is 3.05 bits per heavy atom. The lowest BCUT2D eigenvalue weighted by Crippen LogP contribution is -1.98. The van der Waals surface area contributed by atoms with Gasteiger partial charge >= 0.3 is 0 Å².